The lowest BCUT2D eigenvalue weighted by Gasteiger charge is -2.09. The molecule has 0 radical (unpaired) electrons. The number of furan rings is 1. The summed E-state index contributed by atoms with van der Waals surface area (Å²) in [5.41, 5.74) is 1.14. The van der Waals surface area contributed by atoms with Crippen molar-refractivity contribution in [2.45, 2.75) is 0 Å². The molecule has 0 aliphatic rings. The van der Waals surface area contributed by atoms with Crippen molar-refractivity contribution in [1.82, 2.24) is 0 Å². The molecule has 1 amide bonds. The molecule has 0 saturated heterocycles. The molecule has 0 fully saturated rings. The van der Waals surface area contributed by atoms with Crippen LogP contribution < -0.4 is 5.32 Å². The largest absolute Gasteiger partial charge is 0.450 e. The molecule has 0 unspecified atom stereocenters. The zero-order valence-corrected chi connectivity index (χ0v) is 16.1. The van der Waals surface area contributed by atoms with E-state index in [2.05, 4.69) is 5.32 Å². The number of rotatable bonds is 6. The highest BCUT2D eigenvalue weighted by Gasteiger charge is 2.16. The summed E-state index contributed by atoms with van der Waals surface area (Å²) >= 11 is 0. The minimum absolute atomic E-state index is 0.0489. The summed E-state index contributed by atoms with van der Waals surface area (Å²) in [6.07, 6.45) is 0. The van der Waals surface area contributed by atoms with Gasteiger partial charge in [0, 0.05) is 28.8 Å². The van der Waals surface area contributed by atoms with Crippen LogP contribution in [0.25, 0.3) is 22.1 Å². The molecule has 0 saturated carbocycles. The first-order valence-corrected chi connectivity index (χ1v) is 9.31. The number of nitrogens with one attached hydrogen (secondary N) is 1. The van der Waals surface area contributed by atoms with E-state index in [0.29, 0.717) is 17.0 Å². The smallest absolute Gasteiger partial charge is 0.374 e. The SMILES string of the molecule is O=C(COC(=O)c1ccc(-c2ccc([N+](=O)[O-])cc2)o1)Nc1cccc2ccccc12. The van der Waals surface area contributed by atoms with E-state index < -0.39 is 23.4 Å². The van der Waals surface area contributed by atoms with Gasteiger partial charge < -0.3 is 14.5 Å². The molecule has 0 aliphatic heterocycles. The number of ether oxygens (including phenoxy) is 1. The van der Waals surface area contributed by atoms with E-state index in [1.165, 1.54) is 30.3 Å². The third kappa shape index (κ3) is 4.43. The highest BCUT2D eigenvalue weighted by Crippen LogP contribution is 2.25. The maximum atomic E-state index is 12.2. The minimum atomic E-state index is -0.791. The van der Waals surface area contributed by atoms with Crippen molar-refractivity contribution < 1.29 is 23.7 Å². The second-order valence-electron chi connectivity index (χ2n) is 6.62. The van der Waals surface area contributed by atoms with Gasteiger partial charge in [0.05, 0.1) is 4.92 Å². The molecule has 8 heteroatoms. The third-order valence-electron chi connectivity index (χ3n) is 4.57. The van der Waals surface area contributed by atoms with E-state index in [0.717, 1.165) is 10.8 Å². The number of fused-ring (bicyclic) bond motifs is 1. The number of nitro benzene ring substituents is 1. The fourth-order valence-electron chi connectivity index (χ4n) is 3.07. The number of non-ortho nitro benzene ring substituents is 1. The maximum absolute atomic E-state index is 12.2. The molecule has 3 aromatic carbocycles. The Morgan fingerprint density at radius 1 is 0.935 bits per heavy atom. The fraction of sp³-hybridized carbons (Fsp3) is 0.0435. The Labute approximate surface area is 176 Å². The zero-order valence-electron chi connectivity index (χ0n) is 16.1. The Balaban J connectivity index is 1.37. The highest BCUT2D eigenvalue weighted by molar-refractivity contribution is 6.03. The molecule has 4 aromatic rings. The van der Waals surface area contributed by atoms with Crippen LogP contribution in [0.3, 0.4) is 0 Å². The van der Waals surface area contributed by atoms with Gasteiger partial charge in [-0.1, -0.05) is 36.4 Å². The highest BCUT2D eigenvalue weighted by atomic mass is 16.6. The topological polar surface area (TPSA) is 112 Å². The summed E-state index contributed by atoms with van der Waals surface area (Å²) in [7, 11) is 0. The average Bonchev–Trinajstić information content (AvgIpc) is 3.28. The van der Waals surface area contributed by atoms with Crippen LogP contribution in [-0.4, -0.2) is 23.4 Å². The molecule has 154 valence electrons. The van der Waals surface area contributed by atoms with Crippen molar-refractivity contribution in [3.05, 3.63) is 94.7 Å². The van der Waals surface area contributed by atoms with E-state index in [4.69, 9.17) is 9.15 Å². The monoisotopic (exact) mass is 416 g/mol. The number of hydrogen-bond donors (Lipinski definition) is 1. The molecule has 0 spiro atoms. The molecule has 1 N–H and O–H groups in total. The third-order valence-corrected chi connectivity index (χ3v) is 4.57. The average molecular weight is 416 g/mol. The van der Waals surface area contributed by atoms with Crippen LogP contribution in [0.15, 0.2) is 83.3 Å². The van der Waals surface area contributed by atoms with Crippen LogP contribution in [0, 0.1) is 10.1 Å². The van der Waals surface area contributed by atoms with Crippen molar-refractivity contribution in [2.75, 3.05) is 11.9 Å². The fourth-order valence-corrected chi connectivity index (χ4v) is 3.07. The van der Waals surface area contributed by atoms with Crippen LogP contribution in [-0.2, 0) is 9.53 Å². The molecule has 8 nitrogen and oxygen atoms in total. The number of carbonyl (C=O) groups excluding carboxylic acids is 2. The Bertz CT molecular complexity index is 1270. The van der Waals surface area contributed by atoms with Crippen molar-refractivity contribution in [2.24, 2.45) is 0 Å². The summed E-state index contributed by atoms with van der Waals surface area (Å²) in [5.74, 6) is -0.999. The first kappa shape index (κ1) is 19.8. The number of anilines is 1. The van der Waals surface area contributed by atoms with E-state index in [1.807, 2.05) is 36.4 Å². The van der Waals surface area contributed by atoms with Gasteiger partial charge in [-0.2, -0.15) is 0 Å². The summed E-state index contributed by atoms with van der Waals surface area (Å²) in [6.45, 7) is -0.477. The molecule has 31 heavy (non-hydrogen) atoms. The Hall–Kier alpha value is -4.46. The standard InChI is InChI=1S/C23H16N2O6/c26-22(24-19-7-3-5-15-4-1-2-6-18(15)19)14-30-23(27)21-13-12-20(31-21)16-8-10-17(11-9-16)25(28)29/h1-13H,14H2,(H,24,26). The quantitative estimate of drug-likeness (QED) is 0.274. The van der Waals surface area contributed by atoms with Crippen molar-refractivity contribution >= 4 is 34.0 Å². The number of hydrogen-bond acceptors (Lipinski definition) is 6. The van der Waals surface area contributed by atoms with Crippen LogP contribution in [0.4, 0.5) is 11.4 Å². The van der Waals surface area contributed by atoms with Gasteiger partial charge in [0.2, 0.25) is 5.76 Å². The molecule has 4 rings (SSSR count). The van der Waals surface area contributed by atoms with E-state index in [1.54, 1.807) is 12.1 Å². The van der Waals surface area contributed by atoms with Crippen LogP contribution in [0.1, 0.15) is 10.6 Å². The number of esters is 1. The molecule has 0 atom stereocenters. The summed E-state index contributed by atoms with van der Waals surface area (Å²) in [4.78, 5) is 34.7. The van der Waals surface area contributed by atoms with Gasteiger partial charge in [-0.25, -0.2) is 4.79 Å². The van der Waals surface area contributed by atoms with Crippen molar-refractivity contribution in [3.63, 3.8) is 0 Å². The Morgan fingerprint density at radius 3 is 2.45 bits per heavy atom. The first-order valence-electron chi connectivity index (χ1n) is 9.31. The van der Waals surface area contributed by atoms with Gasteiger partial charge in [0.25, 0.3) is 11.6 Å². The maximum Gasteiger partial charge on any atom is 0.374 e. The molecule has 1 aromatic heterocycles. The molecular weight excluding hydrogens is 400 g/mol. The minimum Gasteiger partial charge on any atom is -0.450 e. The zero-order chi connectivity index (χ0) is 21.8. The number of amides is 1. The predicted octanol–water partition coefficient (Wildman–Crippen LogP) is 4.80. The van der Waals surface area contributed by atoms with Gasteiger partial charge in [0.1, 0.15) is 5.76 Å². The lowest BCUT2D eigenvalue weighted by atomic mass is 10.1. The van der Waals surface area contributed by atoms with Crippen molar-refractivity contribution in [1.29, 1.82) is 0 Å². The predicted molar refractivity (Wildman–Crippen MR) is 114 cm³/mol. The Kier molecular flexibility index (Phi) is 5.44. The molecule has 1 heterocycles. The van der Waals surface area contributed by atoms with Crippen LogP contribution in [0.5, 0.6) is 0 Å². The summed E-state index contributed by atoms with van der Waals surface area (Å²) < 4.78 is 10.5. The lowest BCUT2D eigenvalue weighted by Crippen LogP contribution is -2.20. The van der Waals surface area contributed by atoms with E-state index in [-0.39, 0.29) is 11.4 Å². The van der Waals surface area contributed by atoms with Gasteiger partial charge in [-0.05, 0) is 35.7 Å². The normalized spacial score (nSPS) is 10.6. The second kappa shape index (κ2) is 8.50. The van der Waals surface area contributed by atoms with Crippen molar-refractivity contribution in [3.8, 4) is 11.3 Å². The number of nitrogens with zero attached hydrogens (tertiary/aromatic N) is 1. The van der Waals surface area contributed by atoms with Gasteiger partial charge >= 0.3 is 5.97 Å². The first-order chi connectivity index (χ1) is 15.0. The summed E-state index contributed by atoms with van der Waals surface area (Å²) in [6, 6.07) is 21.8. The lowest BCUT2D eigenvalue weighted by molar-refractivity contribution is -0.384. The van der Waals surface area contributed by atoms with Crippen LogP contribution in [0.2, 0.25) is 0 Å². The van der Waals surface area contributed by atoms with Gasteiger partial charge in [-0.3, -0.25) is 14.9 Å². The van der Waals surface area contributed by atoms with E-state index in [9.17, 15) is 19.7 Å². The van der Waals surface area contributed by atoms with Gasteiger partial charge in [-0.15, -0.1) is 0 Å². The molecular formula is C23H16N2O6. The second-order valence-corrected chi connectivity index (χ2v) is 6.62. The number of nitro groups is 1. The molecule has 0 aliphatic carbocycles. The molecule has 0 bridgehead atoms. The van der Waals surface area contributed by atoms with Crippen LogP contribution >= 0.6 is 0 Å². The Morgan fingerprint density at radius 2 is 1.68 bits per heavy atom. The van der Waals surface area contributed by atoms with Gasteiger partial charge in [0.15, 0.2) is 6.61 Å². The number of carbonyl (C=O) groups is 2. The van der Waals surface area contributed by atoms with E-state index >= 15 is 0 Å². The number of benzene rings is 3. The summed E-state index contributed by atoms with van der Waals surface area (Å²) in [5, 5.41) is 15.3.